The highest BCUT2D eigenvalue weighted by molar-refractivity contribution is 5.95. The number of carbonyl (C=O) groups is 2. The molecule has 0 aliphatic heterocycles. The van der Waals surface area contributed by atoms with Crippen LogP contribution in [-0.2, 0) is 16.5 Å². The maximum atomic E-state index is 11.3. The van der Waals surface area contributed by atoms with Gasteiger partial charge in [-0.05, 0) is 13.0 Å². The lowest BCUT2D eigenvalue weighted by Crippen LogP contribution is -2.19. The van der Waals surface area contributed by atoms with Crippen molar-refractivity contribution in [1.29, 1.82) is 0 Å². The molecule has 0 atom stereocenters. The third kappa shape index (κ3) is 2.94. The Morgan fingerprint density at radius 1 is 1.44 bits per heavy atom. The lowest BCUT2D eigenvalue weighted by Gasteiger charge is -2.03. The molecular formula is C10H11NO5. The van der Waals surface area contributed by atoms with Gasteiger partial charge in [0, 0.05) is 19.3 Å². The SMILES string of the molecule is CCOC(=O)OC(=O)c1ccn(C)c(=O)c1. The van der Waals surface area contributed by atoms with Gasteiger partial charge in [0.05, 0.1) is 12.2 Å². The normalized spacial score (nSPS) is 9.62. The van der Waals surface area contributed by atoms with Crippen LogP contribution in [0.2, 0.25) is 0 Å². The van der Waals surface area contributed by atoms with Gasteiger partial charge in [0.25, 0.3) is 5.56 Å². The molecule has 0 bridgehead atoms. The average Bonchev–Trinajstić information content (AvgIpc) is 2.22. The number of aromatic nitrogens is 1. The lowest BCUT2D eigenvalue weighted by molar-refractivity contribution is 0.0401. The summed E-state index contributed by atoms with van der Waals surface area (Å²) in [5.74, 6) is -0.906. The molecule has 0 fully saturated rings. The average molecular weight is 225 g/mol. The highest BCUT2D eigenvalue weighted by atomic mass is 16.7. The van der Waals surface area contributed by atoms with Crippen LogP contribution in [0.1, 0.15) is 17.3 Å². The molecular weight excluding hydrogens is 214 g/mol. The number of carbonyl (C=O) groups excluding carboxylic acids is 2. The summed E-state index contributed by atoms with van der Waals surface area (Å²) in [5.41, 5.74) is -0.352. The van der Waals surface area contributed by atoms with E-state index in [2.05, 4.69) is 9.47 Å². The Hall–Kier alpha value is -2.11. The monoisotopic (exact) mass is 225 g/mol. The summed E-state index contributed by atoms with van der Waals surface area (Å²) >= 11 is 0. The molecule has 1 rings (SSSR count). The molecule has 1 heterocycles. The van der Waals surface area contributed by atoms with Crippen LogP contribution in [0.3, 0.4) is 0 Å². The first-order valence-electron chi connectivity index (χ1n) is 4.60. The molecule has 0 spiro atoms. The van der Waals surface area contributed by atoms with E-state index in [0.717, 1.165) is 6.07 Å². The van der Waals surface area contributed by atoms with Crippen molar-refractivity contribution in [2.24, 2.45) is 7.05 Å². The molecule has 1 aromatic heterocycles. The first kappa shape index (κ1) is 12.0. The number of hydrogen-bond acceptors (Lipinski definition) is 5. The quantitative estimate of drug-likeness (QED) is 0.547. The maximum absolute atomic E-state index is 11.3. The molecule has 16 heavy (non-hydrogen) atoms. The van der Waals surface area contributed by atoms with E-state index in [1.54, 1.807) is 14.0 Å². The molecule has 0 radical (unpaired) electrons. The molecule has 0 aromatic carbocycles. The topological polar surface area (TPSA) is 74.6 Å². The zero-order valence-corrected chi connectivity index (χ0v) is 8.93. The third-order valence-electron chi connectivity index (χ3n) is 1.78. The largest absolute Gasteiger partial charge is 0.516 e. The number of ether oxygens (including phenoxy) is 2. The van der Waals surface area contributed by atoms with Gasteiger partial charge in [0.2, 0.25) is 0 Å². The molecule has 6 nitrogen and oxygen atoms in total. The van der Waals surface area contributed by atoms with Crippen LogP contribution in [0.25, 0.3) is 0 Å². The summed E-state index contributed by atoms with van der Waals surface area (Å²) in [6.45, 7) is 1.70. The zero-order chi connectivity index (χ0) is 12.1. The number of aryl methyl sites for hydroxylation is 1. The molecule has 0 saturated heterocycles. The van der Waals surface area contributed by atoms with Crippen molar-refractivity contribution in [3.8, 4) is 0 Å². The van der Waals surface area contributed by atoms with Crippen molar-refractivity contribution in [2.45, 2.75) is 6.92 Å². The molecule has 1 aromatic rings. The van der Waals surface area contributed by atoms with E-state index in [1.165, 1.54) is 16.8 Å². The summed E-state index contributed by atoms with van der Waals surface area (Å²) < 4.78 is 10.0. The minimum absolute atomic E-state index is 0.0103. The van der Waals surface area contributed by atoms with Crippen LogP contribution in [0, 0.1) is 0 Å². The Morgan fingerprint density at radius 2 is 2.12 bits per heavy atom. The molecule has 0 saturated carbocycles. The molecule has 86 valence electrons. The number of nitrogens with zero attached hydrogens (tertiary/aromatic N) is 1. The van der Waals surface area contributed by atoms with E-state index in [1.807, 2.05) is 0 Å². The van der Waals surface area contributed by atoms with Crippen LogP contribution < -0.4 is 5.56 Å². The van der Waals surface area contributed by atoms with E-state index in [0.29, 0.717) is 0 Å². The fraction of sp³-hybridized carbons (Fsp3) is 0.300. The van der Waals surface area contributed by atoms with Gasteiger partial charge in [-0.15, -0.1) is 0 Å². The standard InChI is InChI=1S/C10H11NO5/c1-3-15-10(14)16-9(13)7-4-5-11(2)8(12)6-7/h4-6H,3H2,1-2H3. The second kappa shape index (κ2) is 5.11. The van der Waals surface area contributed by atoms with Crippen molar-refractivity contribution < 1.29 is 19.1 Å². The van der Waals surface area contributed by atoms with E-state index in [-0.39, 0.29) is 17.7 Å². The first-order chi connectivity index (χ1) is 7.54. The van der Waals surface area contributed by atoms with Gasteiger partial charge in [-0.25, -0.2) is 9.59 Å². The molecule has 6 heteroatoms. The Bertz CT molecular complexity index is 463. The van der Waals surface area contributed by atoms with Crippen molar-refractivity contribution >= 4 is 12.1 Å². The molecule has 0 aliphatic carbocycles. The number of rotatable bonds is 2. The smallest absolute Gasteiger partial charge is 0.434 e. The van der Waals surface area contributed by atoms with E-state index >= 15 is 0 Å². The second-order valence-corrected chi connectivity index (χ2v) is 2.94. The Kier molecular flexibility index (Phi) is 3.82. The van der Waals surface area contributed by atoms with Crippen molar-refractivity contribution in [3.05, 3.63) is 34.2 Å². The van der Waals surface area contributed by atoms with Gasteiger partial charge < -0.3 is 14.0 Å². The minimum Gasteiger partial charge on any atom is -0.434 e. The Morgan fingerprint density at radius 3 is 2.69 bits per heavy atom. The molecule has 0 amide bonds. The van der Waals surface area contributed by atoms with Gasteiger partial charge in [-0.1, -0.05) is 0 Å². The molecule has 0 N–H and O–H groups in total. The van der Waals surface area contributed by atoms with Gasteiger partial charge in [0.15, 0.2) is 0 Å². The lowest BCUT2D eigenvalue weighted by atomic mass is 10.3. The maximum Gasteiger partial charge on any atom is 0.516 e. The molecule has 0 aliphatic rings. The van der Waals surface area contributed by atoms with Crippen LogP contribution in [0.5, 0.6) is 0 Å². The summed E-state index contributed by atoms with van der Waals surface area (Å²) in [6.07, 6.45) is 0.331. The van der Waals surface area contributed by atoms with Crippen molar-refractivity contribution in [3.63, 3.8) is 0 Å². The zero-order valence-electron chi connectivity index (χ0n) is 8.93. The summed E-state index contributed by atoms with van der Waals surface area (Å²) in [6, 6.07) is 2.46. The van der Waals surface area contributed by atoms with Crippen LogP contribution in [-0.4, -0.2) is 23.3 Å². The van der Waals surface area contributed by atoms with Gasteiger partial charge in [-0.3, -0.25) is 4.79 Å². The Balaban J connectivity index is 2.77. The first-order valence-corrected chi connectivity index (χ1v) is 4.60. The summed E-state index contributed by atoms with van der Waals surface area (Å²) in [7, 11) is 1.54. The van der Waals surface area contributed by atoms with E-state index in [4.69, 9.17) is 0 Å². The summed E-state index contributed by atoms with van der Waals surface area (Å²) in [5, 5.41) is 0. The number of hydrogen-bond donors (Lipinski definition) is 0. The van der Waals surface area contributed by atoms with Gasteiger partial charge in [-0.2, -0.15) is 0 Å². The highest BCUT2D eigenvalue weighted by Gasteiger charge is 2.14. The fourth-order valence-electron chi connectivity index (χ4n) is 0.957. The second-order valence-electron chi connectivity index (χ2n) is 2.94. The summed E-state index contributed by atoms with van der Waals surface area (Å²) in [4.78, 5) is 33.3. The van der Waals surface area contributed by atoms with Crippen LogP contribution in [0.15, 0.2) is 23.1 Å². The van der Waals surface area contributed by atoms with Crippen LogP contribution in [0.4, 0.5) is 4.79 Å². The van der Waals surface area contributed by atoms with Gasteiger partial charge >= 0.3 is 12.1 Å². The number of pyridine rings is 1. The van der Waals surface area contributed by atoms with Crippen molar-refractivity contribution in [1.82, 2.24) is 4.57 Å². The predicted octanol–water partition coefficient (Wildman–Crippen LogP) is 0.699. The minimum atomic E-state index is -1.08. The Labute approximate surface area is 91.4 Å². The highest BCUT2D eigenvalue weighted by Crippen LogP contribution is 1.99. The van der Waals surface area contributed by atoms with E-state index < -0.39 is 12.1 Å². The van der Waals surface area contributed by atoms with Crippen LogP contribution >= 0.6 is 0 Å². The van der Waals surface area contributed by atoms with Crippen molar-refractivity contribution in [2.75, 3.05) is 6.61 Å². The fourth-order valence-corrected chi connectivity index (χ4v) is 0.957. The number of esters is 1. The third-order valence-corrected chi connectivity index (χ3v) is 1.78. The predicted molar refractivity (Wildman–Crippen MR) is 54.1 cm³/mol. The van der Waals surface area contributed by atoms with E-state index in [9.17, 15) is 14.4 Å². The van der Waals surface area contributed by atoms with Gasteiger partial charge in [0.1, 0.15) is 0 Å². The molecule has 0 unspecified atom stereocenters.